The highest BCUT2D eigenvalue weighted by Gasteiger charge is 2.12. The third-order valence-electron chi connectivity index (χ3n) is 2.22. The highest BCUT2D eigenvalue weighted by atomic mass is 79.9. The van der Waals surface area contributed by atoms with Crippen molar-refractivity contribution in [2.24, 2.45) is 0 Å². The number of aromatic nitrogens is 2. The molecule has 17 heavy (non-hydrogen) atoms. The summed E-state index contributed by atoms with van der Waals surface area (Å²) < 4.78 is 14.4. The van der Waals surface area contributed by atoms with Crippen LogP contribution in [0.3, 0.4) is 0 Å². The number of nitrogens with zero attached hydrogens (tertiary/aromatic N) is 2. The Hall–Kier alpha value is -1.20. The molecule has 0 saturated heterocycles. The summed E-state index contributed by atoms with van der Waals surface area (Å²) in [5.41, 5.74) is 0.955. The summed E-state index contributed by atoms with van der Waals surface area (Å²) in [4.78, 5) is 8.05. The summed E-state index contributed by atoms with van der Waals surface area (Å²) in [7, 11) is 1.71. The molecule has 6 heteroatoms. The second kappa shape index (κ2) is 4.98. The fraction of sp³-hybridized carbons (Fsp3) is 0.0909. The summed E-state index contributed by atoms with van der Waals surface area (Å²) >= 11 is 8.98. The van der Waals surface area contributed by atoms with Crippen molar-refractivity contribution < 1.29 is 4.39 Å². The van der Waals surface area contributed by atoms with Crippen molar-refractivity contribution in [3.05, 3.63) is 39.8 Å². The van der Waals surface area contributed by atoms with Gasteiger partial charge in [0.05, 0.1) is 5.02 Å². The van der Waals surface area contributed by atoms with E-state index in [4.69, 9.17) is 11.6 Å². The van der Waals surface area contributed by atoms with E-state index in [0.717, 1.165) is 0 Å². The summed E-state index contributed by atoms with van der Waals surface area (Å²) in [5.74, 6) is -0.000726. The molecule has 0 fully saturated rings. The highest BCUT2D eigenvalue weighted by Crippen LogP contribution is 2.32. The molecule has 0 amide bonds. The standard InChI is InChI=1S/C11H8BrClFN3/c1-15-11-16-4-6(5-17-11)7-2-3-8(12)9(13)10(7)14/h2-5H,1H3,(H,15,16,17). The lowest BCUT2D eigenvalue weighted by molar-refractivity contribution is 0.630. The monoisotopic (exact) mass is 315 g/mol. The minimum Gasteiger partial charge on any atom is -0.357 e. The minimum absolute atomic E-state index is 0.0557. The van der Waals surface area contributed by atoms with E-state index in [-0.39, 0.29) is 5.02 Å². The predicted octanol–water partition coefficient (Wildman–Crippen LogP) is 3.74. The van der Waals surface area contributed by atoms with Crippen LogP contribution in [-0.4, -0.2) is 17.0 Å². The average Bonchev–Trinajstić information content (AvgIpc) is 2.36. The van der Waals surface area contributed by atoms with Gasteiger partial charge in [0.15, 0.2) is 5.82 Å². The first-order chi connectivity index (χ1) is 8.13. The average molecular weight is 317 g/mol. The fourth-order valence-corrected chi connectivity index (χ4v) is 1.82. The molecule has 0 unspecified atom stereocenters. The minimum atomic E-state index is -0.484. The molecule has 0 aliphatic heterocycles. The Morgan fingerprint density at radius 2 is 1.94 bits per heavy atom. The van der Waals surface area contributed by atoms with Crippen LogP contribution in [-0.2, 0) is 0 Å². The second-order valence-electron chi connectivity index (χ2n) is 3.27. The largest absolute Gasteiger partial charge is 0.357 e. The van der Waals surface area contributed by atoms with Crippen LogP contribution in [0.4, 0.5) is 10.3 Å². The zero-order valence-corrected chi connectivity index (χ0v) is 11.2. The third-order valence-corrected chi connectivity index (χ3v) is 3.48. The van der Waals surface area contributed by atoms with Gasteiger partial charge in [-0.2, -0.15) is 0 Å². The zero-order valence-electron chi connectivity index (χ0n) is 8.84. The van der Waals surface area contributed by atoms with Crippen LogP contribution < -0.4 is 5.32 Å². The molecule has 2 aromatic rings. The summed E-state index contributed by atoms with van der Waals surface area (Å²) in [6, 6.07) is 3.32. The SMILES string of the molecule is CNc1ncc(-c2ccc(Br)c(Cl)c2F)cn1. The number of rotatable bonds is 2. The van der Waals surface area contributed by atoms with E-state index < -0.39 is 5.82 Å². The van der Waals surface area contributed by atoms with Crippen molar-refractivity contribution in [3.8, 4) is 11.1 Å². The van der Waals surface area contributed by atoms with Crippen molar-refractivity contribution >= 4 is 33.5 Å². The van der Waals surface area contributed by atoms with Crippen molar-refractivity contribution in [1.82, 2.24) is 9.97 Å². The van der Waals surface area contributed by atoms with E-state index in [2.05, 4.69) is 31.2 Å². The smallest absolute Gasteiger partial charge is 0.222 e. The van der Waals surface area contributed by atoms with Gasteiger partial charge in [-0.25, -0.2) is 14.4 Å². The van der Waals surface area contributed by atoms with Gasteiger partial charge in [0.25, 0.3) is 0 Å². The van der Waals surface area contributed by atoms with E-state index in [9.17, 15) is 4.39 Å². The molecule has 0 radical (unpaired) electrons. The van der Waals surface area contributed by atoms with Gasteiger partial charge in [0.1, 0.15) is 0 Å². The van der Waals surface area contributed by atoms with Gasteiger partial charge >= 0.3 is 0 Å². The topological polar surface area (TPSA) is 37.8 Å². The van der Waals surface area contributed by atoms with Crippen molar-refractivity contribution in [2.75, 3.05) is 12.4 Å². The van der Waals surface area contributed by atoms with Gasteiger partial charge in [-0.3, -0.25) is 0 Å². The van der Waals surface area contributed by atoms with Crippen LogP contribution in [0, 0.1) is 5.82 Å². The Labute approximate surface area is 111 Å². The zero-order chi connectivity index (χ0) is 12.4. The van der Waals surface area contributed by atoms with Crippen LogP contribution in [0.2, 0.25) is 5.02 Å². The maximum atomic E-state index is 13.9. The van der Waals surface area contributed by atoms with Crippen LogP contribution in [0.15, 0.2) is 29.0 Å². The molecule has 0 saturated carbocycles. The molecule has 0 spiro atoms. The Morgan fingerprint density at radius 1 is 1.29 bits per heavy atom. The quantitative estimate of drug-likeness (QED) is 0.858. The maximum Gasteiger partial charge on any atom is 0.222 e. The van der Waals surface area contributed by atoms with Gasteiger partial charge in [0.2, 0.25) is 5.95 Å². The number of nitrogens with one attached hydrogen (secondary N) is 1. The van der Waals surface area contributed by atoms with Gasteiger partial charge in [-0.05, 0) is 22.0 Å². The Bertz CT molecular complexity index is 545. The molecule has 2 rings (SSSR count). The number of halogens is 3. The van der Waals surface area contributed by atoms with Crippen LogP contribution >= 0.6 is 27.5 Å². The fourth-order valence-electron chi connectivity index (χ4n) is 1.35. The second-order valence-corrected chi connectivity index (χ2v) is 4.50. The van der Waals surface area contributed by atoms with Gasteiger partial charge in [-0.1, -0.05) is 17.7 Å². The van der Waals surface area contributed by atoms with E-state index in [0.29, 0.717) is 21.5 Å². The Morgan fingerprint density at radius 3 is 2.53 bits per heavy atom. The van der Waals surface area contributed by atoms with Crippen molar-refractivity contribution in [1.29, 1.82) is 0 Å². The van der Waals surface area contributed by atoms with Crippen molar-refractivity contribution in [3.63, 3.8) is 0 Å². The first kappa shape index (κ1) is 12.3. The van der Waals surface area contributed by atoms with Crippen LogP contribution in [0.1, 0.15) is 0 Å². The molecular weight excluding hydrogens is 308 g/mol. The molecule has 1 aromatic carbocycles. The highest BCUT2D eigenvalue weighted by molar-refractivity contribution is 9.10. The Balaban J connectivity index is 2.49. The molecular formula is C11H8BrClFN3. The number of anilines is 1. The van der Waals surface area contributed by atoms with Gasteiger partial charge < -0.3 is 5.32 Å². The van der Waals surface area contributed by atoms with Crippen LogP contribution in [0.25, 0.3) is 11.1 Å². The Kier molecular flexibility index (Phi) is 3.59. The molecule has 0 aliphatic carbocycles. The van der Waals surface area contributed by atoms with Crippen LogP contribution in [0.5, 0.6) is 0 Å². The lowest BCUT2D eigenvalue weighted by Crippen LogP contribution is -1.96. The third kappa shape index (κ3) is 2.40. The molecule has 1 aromatic heterocycles. The van der Waals surface area contributed by atoms with E-state index in [1.165, 1.54) is 0 Å². The number of hydrogen-bond acceptors (Lipinski definition) is 3. The number of benzene rings is 1. The predicted molar refractivity (Wildman–Crippen MR) is 69.7 cm³/mol. The van der Waals surface area contributed by atoms with Gasteiger partial charge in [-0.15, -0.1) is 0 Å². The lowest BCUT2D eigenvalue weighted by atomic mass is 10.1. The molecule has 0 bridgehead atoms. The van der Waals surface area contributed by atoms with E-state index >= 15 is 0 Å². The summed E-state index contributed by atoms with van der Waals surface area (Å²) in [6.45, 7) is 0. The molecule has 0 aliphatic rings. The normalized spacial score (nSPS) is 10.4. The van der Waals surface area contributed by atoms with E-state index in [1.54, 1.807) is 31.6 Å². The summed E-state index contributed by atoms with van der Waals surface area (Å²) in [5, 5.41) is 2.85. The molecule has 1 N–H and O–H groups in total. The molecule has 0 atom stereocenters. The first-order valence-corrected chi connectivity index (χ1v) is 5.94. The summed E-state index contributed by atoms with van der Waals surface area (Å²) in [6.07, 6.45) is 3.09. The molecule has 3 nitrogen and oxygen atoms in total. The van der Waals surface area contributed by atoms with E-state index in [1.807, 2.05) is 0 Å². The molecule has 1 heterocycles. The van der Waals surface area contributed by atoms with Gasteiger partial charge in [0, 0.05) is 35.0 Å². The first-order valence-electron chi connectivity index (χ1n) is 4.77. The lowest BCUT2D eigenvalue weighted by Gasteiger charge is -2.06. The number of hydrogen-bond donors (Lipinski definition) is 1. The maximum absolute atomic E-state index is 13.9. The van der Waals surface area contributed by atoms with Crippen molar-refractivity contribution in [2.45, 2.75) is 0 Å². The molecule has 88 valence electrons.